The maximum absolute atomic E-state index is 11.8. The van der Waals surface area contributed by atoms with E-state index in [0.29, 0.717) is 18.4 Å². The number of unbranched alkanes of at least 4 members (excludes halogenated alkanes) is 3. The van der Waals surface area contributed by atoms with E-state index in [2.05, 4.69) is 0 Å². The number of para-hydroxylation sites is 1. The lowest BCUT2D eigenvalue weighted by Gasteiger charge is -2.06. The topological polar surface area (TPSA) is 187 Å². The number of aliphatic carboxylic acids is 1. The van der Waals surface area contributed by atoms with Crippen molar-refractivity contribution in [2.24, 2.45) is 5.73 Å². The Bertz CT molecular complexity index is 919. The first-order valence-corrected chi connectivity index (χ1v) is 9.82. The zero-order valence-corrected chi connectivity index (χ0v) is 17.3. The van der Waals surface area contributed by atoms with Gasteiger partial charge in [0.2, 0.25) is 0 Å². The molecule has 0 aliphatic heterocycles. The van der Waals surface area contributed by atoms with Gasteiger partial charge in [-0.25, -0.2) is 0 Å². The highest BCUT2D eigenvalue weighted by Crippen LogP contribution is 2.19. The Morgan fingerprint density at radius 2 is 1.47 bits per heavy atom. The number of aromatic hydroxyl groups is 1. The van der Waals surface area contributed by atoms with Gasteiger partial charge in [-0.2, -0.15) is 0 Å². The maximum Gasteiger partial charge on any atom is 0.320 e. The number of hydrogen-bond acceptors (Lipinski definition) is 8. The lowest BCUT2D eigenvalue weighted by Crippen LogP contribution is -2.29. The second kappa shape index (κ2) is 13.4. The van der Waals surface area contributed by atoms with Crippen molar-refractivity contribution < 1.29 is 29.6 Å². The van der Waals surface area contributed by atoms with Crippen molar-refractivity contribution in [3.63, 3.8) is 0 Å². The summed E-state index contributed by atoms with van der Waals surface area (Å²) in [6.45, 7) is 0. The predicted octanol–water partition coefficient (Wildman–Crippen LogP) is 3.83. The molecule has 32 heavy (non-hydrogen) atoms. The molecule has 0 amide bonds. The molecule has 2 aromatic carbocycles. The molecule has 0 heterocycles. The first-order valence-electron chi connectivity index (χ1n) is 9.82. The number of non-ortho nitro benzene ring substituents is 2. The van der Waals surface area contributed by atoms with E-state index in [1.165, 1.54) is 24.3 Å². The molecule has 2 rings (SSSR count). The van der Waals surface area contributed by atoms with Gasteiger partial charge in [0.15, 0.2) is 5.78 Å². The molecule has 0 aliphatic rings. The number of carbonyl (C=O) groups is 2. The van der Waals surface area contributed by atoms with Crippen molar-refractivity contribution in [3.05, 3.63) is 74.3 Å². The molecule has 0 aromatic heterocycles. The summed E-state index contributed by atoms with van der Waals surface area (Å²) in [5, 5.41) is 38.5. The van der Waals surface area contributed by atoms with Gasteiger partial charge in [0.1, 0.15) is 11.8 Å². The van der Waals surface area contributed by atoms with E-state index in [4.69, 9.17) is 10.8 Å². The number of nitrogens with two attached hydrogens (primary N) is 1. The van der Waals surface area contributed by atoms with Crippen LogP contribution < -0.4 is 5.73 Å². The molecule has 0 aliphatic carbocycles. The van der Waals surface area contributed by atoms with E-state index in [0.717, 1.165) is 31.7 Å². The minimum atomic E-state index is -0.972. The molecule has 0 radical (unpaired) electrons. The molecule has 4 N–H and O–H groups in total. The second-order valence-electron chi connectivity index (χ2n) is 6.87. The summed E-state index contributed by atoms with van der Waals surface area (Å²) in [5.74, 6) is -1.02. The van der Waals surface area contributed by atoms with Crippen molar-refractivity contribution in [2.45, 2.75) is 44.6 Å². The number of carbonyl (C=O) groups excluding carboxylic acids is 1. The monoisotopic (exact) mass is 447 g/mol. The molecule has 0 bridgehead atoms. The fourth-order valence-corrected chi connectivity index (χ4v) is 2.69. The Balaban J connectivity index is 0.000000363. The number of hydrogen-bond donors (Lipinski definition) is 3. The number of nitrogens with zero attached hydrogens (tertiary/aromatic N) is 2. The van der Waals surface area contributed by atoms with E-state index in [-0.39, 0.29) is 22.9 Å². The van der Waals surface area contributed by atoms with Crippen LogP contribution >= 0.6 is 0 Å². The minimum Gasteiger partial charge on any atom is -0.507 e. The molecule has 0 saturated heterocycles. The average molecular weight is 447 g/mol. The highest BCUT2D eigenvalue weighted by atomic mass is 16.6. The molecular formula is C21H25N3O8. The zero-order chi connectivity index (χ0) is 24.1. The molecular weight excluding hydrogens is 422 g/mol. The first-order chi connectivity index (χ1) is 15.1. The van der Waals surface area contributed by atoms with Crippen LogP contribution in [-0.2, 0) is 4.79 Å². The van der Waals surface area contributed by atoms with Crippen molar-refractivity contribution in [2.75, 3.05) is 0 Å². The fourth-order valence-electron chi connectivity index (χ4n) is 2.69. The van der Waals surface area contributed by atoms with Gasteiger partial charge >= 0.3 is 5.97 Å². The zero-order valence-electron chi connectivity index (χ0n) is 17.3. The molecule has 1 atom stereocenters. The molecule has 0 saturated carbocycles. The van der Waals surface area contributed by atoms with Gasteiger partial charge in [-0.15, -0.1) is 0 Å². The molecule has 0 spiro atoms. The summed E-state index contributed by atoms with van der Waals surface area (Å²) < 4.78 is 0. The molecule has 0 fully saturated rings. The van der Waals surface area contributed by atoms with Crippen molar-refractivity contribution in [3.8, 4) is 5.75 Å². The second-order valence-corrected chi connectivity index (χ2v) is 6.87. The van der Waals surface area contributed by atoms with Crippen molar-refractivity contribution in [1.29, 1.82) is 0 Å². The average Bonchev–Trinajstić information content (AvgIpc) is 2.76. The number of rotatable bonds is 11. The Hall–Kier alpha value is -3.86. The Labute approximate surface area is 183 Å². The van der Waals surface area contributed by atoms with Crippen LogP contribution in [0.15, 0.2) is 48.5 Å². The summed E-state index contributed by atoms with van der Waals surface area (Å²) in [4.78, 5) is 41.3. The van der Waals surface area contributed by atoms with Crippen LogP contribution in [0.3, 0.4) is 0 Å². The lowest BCUT2D eigenvalue weighted by molar-refractivity contribution is -0.394. The quantitative estimate of drug-likeness (QED) is 0.199. The number of Topliss-reactive ketones (excluding diaryl/α,β-unsaturated/α-hetero) is 1. The number of carboxylic acids is 1. The van der Waals surface area contributed by atoms with E-state index >= 15 is 0 Å². The summed E-state index contributed by atoms with van der Waals surface area (Å²) in [7, 11) is 0. The molecule has 11 nitrogen and oxygen atoms in total. The van der Waals surface area contributed by atoms with Crippen LogP contribution in [0.2, 0.25) is 0 Å². The van der Waals surface area contributed by atoms with Gasteiger partial charge < -0.3 is 15.9 Å². The summed E-state index contributed by atoms with van der Waals surface area (Å²) in [6, 6.07) is 10.3. The number of nitro benzene ring substituents is 2. The van der Waals surface area contributed by atoms with Gasteiger partial charge in [-0.3, -0.25) is 29.8 Å². The van der Waals surface area contributed by atoms with Gasteiger partial charge in [0.05, 0.1) is 21.5 Å². The highest BCUT2D eigenvalue weighted by molar-refractivity contribution is 5.98. The normalized spacial score (nSPS) is 11.0. The van der Waals surface area contributed by atoms with Crippen LogP contribution in [0, 0.1) is 20.2 Å². The molecule has 1 unspecified atom stereocenters. The van der Waals surface area contributed by atoms with E-state index in [1.807, 2.05) is 0 Å². The third kappa shape index (κ3) is 9.30. The SMILES string of the molecule is NC(CCCCCCC(=O)c1ccccc1O)C(=O)O.O=[N+]([O-])c1cccc([N+](=O)[O-])c1. The van der Waals surface area contributed by atoms with Crippen LogP contribution in [0.1, 0.15) is 48.9 Å². The number of phenolic OH excluding ortho intramolecular Hbond substituents is 1. The smallest absolute Gasteiger partial charge is 0.320 e. The van der Waals surface area contributed by atoms with Gasteiger partial charge in [-0.05, 0) is 31.0 Å². The Morgan fingerprint density at radius 3 is 2.00 bits per heavy atom. The van der Waals surface area contributed by atoms with E-state index < -0.39 is 21.9 Å². The number of carboxylic acid groups (broad SMARTS) is 1. The molecule has 11 heteroatoms. The Morgan fingerprint density at radius 1 is 0.906 bits per heavy atom. The van der Waals surface area contributed by atoms with Crippen molar-refractivity contribution >= 4 is 23.1 Å². The summed E-state index contributed by atoms with van der Waals surface area (Å²) in [6.07, 6.45) is 4.04. The van der Waals surface area contributed by atoms with Crippen LogP contribution in [0.5, 0.6) is 5.75 Å². The van der Waals surface area contributed by atoms with Gasteiger partial charge in [-0.1, -0.05) is 31.4 Å². The Kier molecular flexibility index (Phi) is 11.0. The predicted molar refractivity (Wildman–Crippen MR) is 116 cm³/mol. The highest BCUT2D eigenvalue weighted by Gasteiger charge is 2.12. The van der Waals surface area contributed by atoms with Gasteiger partial charge in [0, 0.05) is 18.6 Å². The van der Waals surface area contributed by atoms with E-state index in [1.54, 1.807) is 18.2 Å². The standard InChI is InChI=1S/C15H21NO4.C6H4N2O4/c16-12(15(19)20)8-3-1-2-4-9-13(17)11-7-5-6-10-14(11)18;9-7(10)5-2-1-3-6(4-5)8(11)12/h5-7,10,12,18H,1-4,8-9,16H2,(H,19,20);1-4H. The maximum atomic E-state index is 11.8. The number of benzene rings is 2. The van der Waals surface area contributed by atoms with Crippen molar-refractivity contribution in [1.82, 2.24) is 0 Å². The van der Waals surface area contributed by atoms with Gasteiger partial charge in [0.25, 0.3) is 11.4 Å². The third-order valence-electron chi connectivity index (χ3n) is 4.44. The molecule has 172 valence electrons. The van der Waals surface area contributed by atoms with Crippen LogP contribution in [-0.4, -0.2) is 37.9 Å². The van der Waals surface area contributed by atoms with Crippen LogP contribution in [0.4, 0.5) is 11.4 Å². The fraction of sp³-hybridized carbons (Fsp3) is 0.333. The summed E-state index contributed by atoms with van der Waals surface area (Å²) >= 11 is 0. The number of phenols is 1. The number of ketones is 1. The van der Waals surface area contributed by atoms with E-state index in [9.17, 15) is 34.9 Å². The number of nitro groups is 2. The largest absolute Gasteiger partial charge is 0.507 e. The molecule has 2 aromatic rings. The summed E-state index contributed by atoms with van der Waals surface area (Å²) in [5.41, 5.74) is 5.20. The van der Waals surface area contributed by atoms with Crippen LogP contribution in [0.25, 0.3) is 0 Å². The third-order valence-corrected chi connectivity index (χ3v) is 4.44. The minimum absolute atomic E-state index is 0.0185. The first kappa shape index (κ1) is 26.2. The lowest BCUT2D eigenvalue weighted by atomic mass is 10.0.